The van der Waals surface area contributed by atoms with Crippen LogP contribution in [0.15, 0.2) is 103 Å². The first-order valence-electron chi connectivity index (χ1n) is 13.5. The molecule has 0 aromatic heterocycles. The highest BCUT2D eigenvalue weighted by atomic mass is 16.6. The number of carbonyl (C=O) groups is 2. The first-order valence-corrected chi connectivity index (χ1v) is 13.5. The maximum absolute atomic E-state index is 14.1. The van der Waals surface area contributed by atoms with Crippen molar-refractivity contribution in [3.05, 3.63) is 124 Å². The number of hydrogen-bond donors (Lipinski definition) is 2. The number of anilines is 1. The summed E-state index contributed by atoms with van der Waals surface area (Å²) in [7, 11) is 1.51. The summed E-state index contributed by atoms with van der Waals surface area (Å²) < 4.78 is 5.47. The number of benzene rings is 4. The Balaban J connectivity index is 1.37. The number of amides is 2. The predicted octanol–water partition coefficient (Wildman–Crippen LogP) is 4.61. The van der Waals surface area contributed by atoms with Crippen LogP contribution in [-0.4, -0.2) is 50.9 Å². The second kappa shape index (κ2) is 11.1. The summed E-state index contributed by atoms with van der Waals surface area (Å²) in [6, 6.07) is 24.6. The van der Waals surface area contributed by atoms with Gasteiger partial charge in [0, 0.05) is 23.4 Å². The number of nitrogens with zero attached hydrogens (tertiary/aromatic N) is 3. The normalized spacial score (nSPS) is 20.9. The lowest BCUT2D eigenvalue weighted by Crippen LogP contribution is -2.55. The molecule has 10 nitrogen and oxygen atoms in total. The van der Waals surface area contributed by atoms with E-state index in [1.54, 1.807) is 41.4 Å². The van der Waals surface area contributed by atoms with Crippen molar-refractivity contribution in [2.45, 2.75) is 24.7 Å². The number of likely N-dealkylation sites (tertiary alicyclic amines) is 1. The molecule has 2 N–H and O–H groups in total. The van der Waals surface area contributed by atoms with Crippen LogP contribution >= 0.6 is 0 Å². The number of aliphatic hydroxyl groups is 1. The van der Waals surface area contributed by atoms with Crippen molar-refractivity contribution in [1.29, 1.82) is 0 Å². The highest BCUT2D eigenvalue weighted by molar-refractivity contribution is 6.08. The fourth-order valence-corrected chi connectivity index (χ4v) is 5.79. The summed E-state index contributed by atoms with van der Waals surface area (Å²) in [6.45, 7) is 0.102. The van der Waals surface area contributed by atoms with Crippen LogP contribution < -0.4 is 10.2 Å². The average Bonchev–Trinajstić information content (AvgIpc) is 3.26. The topological polar surface area (TPSA) is 125 Å². The van der Waals surface area contributed by atoms with Crippen molar-refractivity contribution in [3.8, 4) is 5.75 Å². The predicted molar refractivity (Wildman–Crippen MR) is 156 cm³/mol. The molecule has 2 aliphatic rings. The lowest BCUT2D eigenvalue weighted by atomic mass is 9.90. The zero-order valence-electron chi connectivity index (χ0n) is 22.7. The molecule has 4 aromatic carbocycles. The number of hydrazine groups is 1. The Hall–Kier alpha value is -5.06. The van der Waals surface area contributed by atoms with Crippen molar-refractivity contribution < 1.29 is 24.4 Å². The molecule has 6 rings (SSSR count). The number of carbonyl (C=O) groups excluding carboxylic acids is 2. The third kappa shape index (κ3) is 4.76. The first kappa shape index (κ1) is 27.1. The van der Waals surface area contributed by atoms with Gasteiger partial charge in [-0.1, -0.05) is 72.8 Å². The fourth-order valence-electron chi connectivity index (χ4n) is 5.79. The number of non-ortho nitro benzene ring substituents is 1. The summed E-state index contributed by atoms with van der Waals surface area (Å²) in [6.07, 6.45) is 2.26. The number of para-hydroxylation sites is 1. The van der Waals surface area contributed by atoms with Gasteiger partial charge >= 0.3 is 0 Å². The molecule has 4 aromatic rings. The van der Waals surface area contributed by atoms with E-state index in [9.17, 15) is 24.8 Å². The molecule has 212 valence electrons. The van der Waals surface area contributed by atoms with Gasteiger partial charge < -0.3 is 15.3 Å². The molecule has 10 heteroatoms. The molecule has 0 bridgehead atoms. The summed E-state index contributed by atoms with van der Waals surface area (Å²) in [5.74, 6) is -1.06. The van der Waals surface area contributed by atoms with Gasteiger partial charge in [-0.2, -0.15) is 0 Å². The van der Waals surface area contributed by atoms with Crippen LogP contribution in [0.3, 0.4) is 0 Å². The van der Waals surface area contributed by atoms with Gasteiger partial charge in [0.1, 0.15) is 17.9 Å². The number of ether oxygens (including phenoxy) is 1. The maximum atomic E-state index is 14.1. The van der Waals surface area contributed by atoms with E-state index in [-0.39, 0.29) is 18.1 Å². The van der Waals surface area contributed by atoms with Gasteiger partial charge in [0.05, 0.1) is 30.5 Å². The minimum atomic E-state index is -1.14. The molecule has 2 amide bonds. The number of rotatable bonds is 8. The SMILES string of the molecule is COc1ccccc1[C@@H](O)C1C=C[C@H]2C(=O)N(Cc3cccc4ccccc34)C(=O)[C@H]2N1Nc1ccc([N+](=O)[O-])cc1. The molecule has 4 atom stereocenters. The zero-order valence-corrected chi connectivity index (χ0v) is 22.7. The number of hydrogen-bond acceptors (Lipinski definition) is 8. The Morgan fingerprint density at radius 3 is 2.40 bits per heavy atom. The average molecular weight is 565 g/mol. The minimum Gasteiger partial charge on any atom is -0.496 e. The van der Waals surface area contributed by atoms with Crippen molar-refractivity contribution in [2.75, 3.05) is 12.5 Å². The lowest BCUT2D eigenvalue weighted by molar-refractivity contribution is -0.384. The van der Waals surface area contributed by atoms with E-state index in [0.29, 0.717) is 17.0 Å². The van der Waals surface area contributed by atoms with Crippen LogP contribution in [-0.2, 0) is 16.1 Å². The second-order valence-corrected chi connectivity index (χ2v) is 10.3. The molecule has 0 saturated carbocycles. The van der Waals surface area contributed by atoms with Gasteiger partial charge in [-0.15, -0.1) is 0 Å². The number of imide groups is 1. The molecule has 1 fully saturated rings. The zero-order chi connectivity index (χ0) is 29.4. The molecule has 1 saturated heterocycles. The molecule has 2 aliphatic heterocycles. The second-order valence-electron chi connectivity index (χ2n) is 10.3. The lowest BCUT2D eigenvalue weighted by Gasteiger charge is -2.40. The van der Waals surface area contributed by atoms with Gasteiger partial charge in [0.2, 0.25) is 11.8 Å². The van der Waals surface area contributed by atoms with Crippen molar-refractivity contribution in [2.24, 2.45) is 5.92 Å². The highest BCUT2D eigenvalue weighted by Crippen LogP contribution is 2.39. The van der Waals surface area contributed by atoms with E-state index in [1.165, 1.54) is 36.3 Å². The summed E-state index contributed by atoms with van der Waals surface area (Å²) >= 11 is 0. The van der Waals surface area contributed by atoms with E-state index < -0.39 is 34.9 Å². The molecule has 0 radical (unpaired) electrons. The van der Waals surface area contributed by atoms with Gasteiger partial charge in [-0.3, -0.25) is 24.6 Å². The first-order chi connectivity index (χ1) is 20.4. The van der Waals surface area contributed by atoms with E-state index in [4.69, 9.17) is 4.74 Å². The van der Waals surface area contributed by atoms with E-state index in [0.717, 1.165) is 16.3 Å². The van der Waals surface area contributed by atoms with Crippen LogP contribution in [0.25, 0.3) is 10.8 Å². The van der Waals surface area contributed by atoms with Crippen LogP contribution in [0, 0.1) is 16.0 Å². The van der Waals surface area contributed by atoms with Crippen LogP contribution in [0.4, 0.5) is 11.4 Å². The van der Waals surface area contributed by atoms with E-state index >= 15 is 0 Å². The van der Waals surface area contributed by atoms with Crippen LogP contribution in [0.5, 0.6) is 5.75 Å². The maximum Gasteiger partial charge on any atom is 0.269 e. The Labute approximate surface area is 241 Å². The Kier molecular flexibility index (Phi) is 7.15. The Bertz CT molecular complexity index is 1700. The number of nitro groups is 1. The van der Waals surface area contributed by atoms with Gasteiger partial charge in [-0.05, 0) is 34.5 Å². The summed E-state index contributed by atoms with van der Waals surface area (Å²) in [5, 5.41) is 26.3. The number of fused-ring (bicyclic) bond motifs is 2. The summed E-state index contributed by atoms with van der Waals surface area (Å²) in [4.78, 5) is 39.7. The van der Waals surface area contributed by atoms with Crippen molar-refractivity contribution in [1.82, 2.24) is 9.91 Å². The van der Waals surface area contributed by atoms with E-state index in [2.05, 4.69) is 5.43 Å². The molecule has 0 aliphatic carbocycles. The largest absolute Gasteiger partial charge is 0.496 e. The number of nitro benzene ring substituents is 1. The third-order valence-corrected chi connectivity index (χ3v) is 7.87. The van der Waals surface area contributed by atoms with Crippen LogP contribution in [0.1, 0.15) is 17.2 Å². The van der Waals surface area contributed by atoms with Crippen molar-refractivity contribution >= 4 is 34.0 Å². The standard InChI is InChI=1S/C32H28N4O6/c1-42-28-12-5-4-11-25(28)30(37)27-18-17-26-29(35(27)33-22-13-15-23(16-14-22)36(40)41)32(39)34(31(26)38)19-21-9-6-8-20-7-2-3-10-24(20)21/h2-18,26-27,29-30,33,37H,19H2,1H3/t26-,27?,29+,30-/m1/s1. The number of aliphatic hydroxyl groups excluding tert-OH is 1. The van der Waals surface area contributed by atoms with Gasteiger partial charge in [0.25, 0.3) is 5.69 Å². The summed E-state index contributed by atoms with van der Waals surface area (Å²) in [5.41, 5.74) is 4.90. The number of methoxy groups -OCH3 is 1. The monoisotopic (exact) mass is 564 g/mol. The smallest absolute Gasteiger partial charge is 0.269 e. The molecular formula is C32H28N4O6. The molecule has 2 heterocycles. The highest BCUT2D eigenvalue weighted by Gasteiger charge is 2.53. The Morgan fingerprint density at radius 1 is 0.929 bits per heavy atom. The third-order valence-electron chi connectivity index (χ3n) is 7.87. The van der Waals surface area contributed by atoms with Gasteiger partial charge in [0.15, 0.2) is 0 Å². The molecule has 0 spiro atoms. The quantitative estimate of drug-likeness (QED) is 0.138. The number of nitrogens with one attached hydrogen (secondary N) is 1. The minimum absolute atomic E-state index is 0.0871. The van der Waals surface area contributed by atoms with Crippen LogP contribution in [0.2, 0.25) is 0 Å². The van der Waals surface area contributed by atoms with Gasteiger partial charge in [-0.25, -0.2) is 5.01 Å². The molecular weight excluding hydrogens is 536 g/mol. The molecule has 42 heavy (non-hydrogen) atoms. The van der Waals surface area contributed by atoms with Crippen molar-refractivity contribution in [3.63, 3.8) is 0 Å². The van der Waals surface area contributed by atoms with E-state index in [1.807, 2.05) is 42.5 Å². The Morgan fingerprint density at radius 2 is 1.64 bits per heavy atom. The fraction of sp³-hybridized carbons (Fsp3) is 0.188. The molecule has 1 unspecified atom stereocenters.